The molecule has 0 radical (unpaired) electrons. The van der Waals surface area contributed by atoms with Gasteiger partial charge >= 0.3 is 0 Å². The lowest BCUT2D eigenvalue weighted by Crippen LogP contribution is -2.38. The Morgan fingerprint density at radius 2 is 2.33 bits per heavy atom. The smallest absolute Gasteiger partial charge is 0.0397 e. The average Bonchev–Trinajstić information content (AvgIpc) is 2.72. The van der Waals surface area contributed by atoms with Crippen LogP contribution in [-0.2, 0) is 0 Å². The van der Waals surface area contributed by atoms with Crippen molar-refractivity contribution in [1.82, 2.24) is 15.2 Å². The summed E-state index contributed by atoms with van der Waals surface area (Å²) in [7, 11) is 4.35. The van der Waals surface area contributed by atoms with Gasteiger partial charge in [0.25, 0.3) is 0 Å². The number of hydrogen-bond donors (Lipinski definition) is 2. The molecule has 0 spiro atoms. The second-order valence-corrected chi connectivity index (χ2v) is 4.66. The summed E-state index contributed by atoms with van der Waals surface area (Å²) in [6.45, 7) is 2.33. The molecule has 0 saturated carbocycles. The van der Waals surface area contributed by atoms with Crippen molar-refractivity contribution in [2.45, 2.75) is 18.9 Å². The third-order valence-electron chi connectivity index (χ3n) is 3.30. The maximum absolute atomic E-state index is 3.50. The number of piperidine rings is 1. The Hall–Kier alpha value is -0.800. The number of aromatic nitrogens is 1. The van der Waals surface area contributed by atoms with Crippen LogP contribution in [0.15, 0.2) is 18.5 Å². The van der Waals surface area contributed by atoms with E-state index >= 15 is 0 Å². The Bertz CT molecular complexity index is 273. The Morgan fingerprint density at radius 1 is 1.47 bits per heavy atom. The van der Waals surface area contributed by atoms with Gasteiger partial charge in [-0.2, -0.15) is 0 Å². The minimum absolute atomic E-state index is 0.545. The first-order valence-corrected chi connectivity index (χ1v) is 5.79. The summed E-state index contributed by atoms with van der Waals surface area (Å²) in [6, 6.07) is 2.74. The molecular weight excluding hydrogens is 186 g/mol. The van der Waals surface area contributed by atoms with Gasteiger partial charge < -0.3 is 15.2 Å². The first kappa shape index (κ1) is 10.7. The van der Waals surface area contributed by atoms with Gasteiger partial charge in [-0.25, -0.2) is 0 Å². The summed E-state index contributed by atoms with van der Waals surface area (Å²) < 4.78 is 0. The van der Waals surface area contributed by atoms with Crippen LogP contribution in [0.4, 0.5) is 0 Å². The summed E-state index contributed by atoms with van der Waals surface area (Å²) in [4.78, 5) is 5.49. The Labute approximate surface area is 91.9 Å². The normalized spacial score (nSPS) is 24.3. The highest BCUT2D eigenvalue weighted by Gasteiger charge is 2.26. The van der Waals surface area contributed by atoms with Crippen LogP contribution in [0.2, 0.25) is 0 Å². The van der Waals surface area contributed by atoms with E-state index in [0.29, 0.717) is 6.04 Å². The molecule has 1 saturated heterocycles. The zero-order valence-corrected chi connectivity index (χ0v) is 9.66. The molecule has 84 valence electrons. The van der Waals surface area contributed by atoms with E-state index in [9.17, 15) is 0 Å². The van der Waals surface area contributed by atoms with Crippen LogP contribution in [0.25, 0.3) is 0 Å². The highest BCUT2D eigenvalue weighted by atomic mass is 15.1. The number of nitrogens with one attached hydrogen (secondary N) is 2. The van der Waals surface area contributed by atoms with E-state index in [-0.39, 0.29) is 0 Å². The summed E-state index contributed by atoms with van der Waals surface area (Å²) in [6.07, 6.45) is 6.78. The van der Waals surface area contributed by atoms with Crippen molar-refractivity contribution in [3.8, 4) is 0 Å². The molecule has 1 aliphatic rings. The molecule has 3 nitrogen and oxygen atoms in total. The number of rotatable bonds is 3. The molecule has 0 aromatic carbocycles. The molecule has 2 unspecified atom stereocenters. The van der Waals surface area contributed by atoms with Crippen LogP contribution in [0, 0.1) is 5.92 Å². The van der Waals surface area contributed by atoms with E-state index in [1.54, 1.807) is 0 Å². The largest absolute Gasteiger partial charge is 0.367 e. The third kappa shape index (κ3) is 2.41. The van der Waals surface area contributed by atoms with Gasteiger partial charge in [0.2, 0.25) is 0 Å². The lowest BCUT2D eigenvalue weighted by atomic mass is 9.87. The van der Waals surface area contributed by atoms with Crippen molar-refractivity contribution in [3.05, 3.63) is 24.0 Å². The second-order valence-electron chi connectivity index (χ2n) is 4.66. The van der Waals surface area contributed by atoms with E-state index in [1.165, 1.54) is 24.9 Å². The molecule has 2 heterocycles. The standard InChI is InChI=1S/C12H21N3/c1-15(2)12(11-5-7-14-9-11)10-4-3-6-13-8-10/h5,7,9-10,12-14H,3-4,6,8H2,1-2H3. The lowest BCUT2D eigenvalue weighted by molar-refractivity contribution is 0.181. The van der Waals surface area contributed by atoms with Crippen LogP contribution in [0.5, 0.6) is 0 Å². The molecule has 2 atom stereocenters. The molecule has 2 rings (SSSR count). The van der Waals surface area contributed by atoms with Crippen LogP contribution >= 0.6 is 0 Å². The maximum atomic E-state index is 3.50. The molecule has 1 aromatic heterocycles. The predicted octanol–water partition coefficient (Wildman–Crippen LogP) is 1.62. The molecule has 1 aromatic rings. The van der Waals surface area contributed by atoms with Crippen LogP contribution in [0.1, 0.15) is 24.4 Å². The molecule has 1 aliphatic heterocycles. The van der Waals surface area contributed by atoms with E-state index in [0.717, 1.165) is 12.5 Å². The molecule has 0 bridgehead atoms. The van der Waals surface area contributed by atoms with Gasteiger partial charge in [-0.1, -0.05) is 0 Å². The minimum Gasteiger partial charge on any atom is -0.367 e. The Morgan fingerprint density at radius 3 is 2.87 bits per heavy atom. The van der Waals surface area contributed by atoms with Gasteiger partial charge in [0.05, 0.1) is 0 Å². The highest BCUT2D eigenvalue weighted by Crippen LogP contribution is 2.30. The summed E-state index contributed by atoms with van der Waals surface area (Å²) in [5.74, 6) is 0.740. The van der Waals surface area contributed by atoms with Crippen molar-refractivity contribution in [3.63, 3.8) is 0 Å². The van der Waals surface area contributed by atoms with Crippen molar-refractivity contribution in [1.29, 1.82) is 0 Å². The van der Waals surface area contributed by atoms with Crippen molar-refractivity contribution < 1.29 is 0 Å². The topological polar surface area (TPSA) is 31.1 Å². The third-order valence-corrected chi connectivity index (χ3v) is 3.30. The number of hydrogen-bond acceptors (Lipinski definition) is 2. The molecule has 0 aliphatic carbocycles. The van der Waals surface area contributed by atoms with E-state index in [1.807, 2.05) is 6.20 Å². The first-order valence-electron chi connectivity index (χ1n) is 5.79. The van der Waals surface area contributed by atoms with E-state index < -0.39 is 0 Å². The Balaban J connectivity index is 2.12. The minimum atomic E-state index is 0.545. The van der Waals surface area contributed by atoms with Crippen LogP contribution < -0.4 is 5.32 Å². The fourth-order valence-electron chi connectivity index (χ4n) is 2.66. The van der Waals surface area contributed by atoms with Gasteiger partial charge in [0.1, 0.15) is 0 Å². The maximum Gasteiger partial charge on any atom is 0.0397 e. The molecule has 1 fully saturated rings. The number of nitrogens with zero attached hydrogens (tertiary/aromatic N) is 1. The summed E-state index contributed by atoms with van der Waals surface area (Å²) >= 11 is 0. The summed E-state index contributed by atoms with van der Waals surface area (Å²) in [5, 5.41) is 3.50. The molecule has 0 amide bonds. The quantitative estimate of drug-likeness (QED) is 0.789. The van der Waals surface area contributed by atoms with Gasteiger partial charge in [-0.3, -0.25) is 0 Å². The van der Waals surface area contributed by atoms with Crippen LogP contribution in [-0.4, -0.2) is 37.1 Å². The van der Waals surface area contributed by atoms with Gasteiger partial charge in [0, 0.05) is 18.4 Å². The van der Waals surface area contributed by atoms with Crippen LogP contribution in [0.3, 0.4) is 0 Å². The van der Waals surface area contributed by atoms with Gasteiger partial charge in [0.15, 0.2) is 0 Å². The summed E-state index contributed by atoms with van der Waals surface area (Å²) in [5.41, 5.74) is 1.41. The number of H-pyrrole nitrogens is 1. The van der Waals surface area contributed by atoms with Crippen molar-refractivity contribution in [2.75, 3.05) is 27.2 Å². The first-order chi connectivity index (χ1) is 7.29. The fraction of sp³-hybridized carbons (Fsp3) is 0.667. The molecular formula is C12H21N3. The second kappa shape index (κ2) is 4.81. The fourth-order valence-corrected chi connectivity index (χ4v) is 2.66. The van der Waals surface area contributed by atoms with Crippen molar-refractivity contribution in [2.24, 2.45) is 5.92 Å². The zero-order valence-electron chi connectivity index (χ0n) is 9.66. The molecule has 2 N–H and O–H groups in total. The monoisotopic (exact) mass is 207 g/mol. The number of aromatic amines is 1. The van der Waals surface area contributed by atoms with Gasteiger partial charge in [-0.05, 0) is 57.6 Å². The zero-order chi connectivity index (χ0) is 10.7. The van der Waals surface area contributed by atoms with Crippen molar-refractivity contribution >= 4 is 0 Å². The van der Waals surface area contributed by atoms with E-state index in [2.05, 4.69) is 41.6 Å². The molecule has 15 heavy (non-hydrogen) atoms. The average molecular weight is 207 g/mol. The predicted molar refractivity (Wildman–Crippen MR) is 62.8 cm³/mol. The van der Waals surface area contributed by atoms with E-state index in [4.69, 9.17) is 0 Å². The SMILES string of the molecule is CN(C)C(c1cc[nH]c1)C1CCCNC1. The molecule has 3 heteroatoms. The Kier molecular flexibility index (Phi) is 3.44. The highest BCUT2D eigenvalue weighted by molar-refractivity contribution is 5.15. The lowest BCUT2D eigenvalue weighted by Gasteiger charge is -2.34. The van der Waals surface area contributed by atoms with Gasteiger partial charge in [-0.15, -0.1) is 0 Å².